The zero-order valence-corrected chi connectivity index (χ0v) is 6.06. The zero-order valence-electron chi connectivity index (χ0n) is 5.30. The van der Waals surface area contributed by atoms with Gasteiger partial charge in [0, 0.05) is 18.7 Å². The first-order valence-electron chi connectivity index (χ1n) is 3.13. The molecule has 1 aliphatic rings. The molecule has 1 aromatic heterocycles. The first-order chi connectivity index (χ1) is 4.86. The third-order valence-corrected chi connectivity index (χ3v) is 1.70. The minimum Gasteiger partial charge on any atom is -0.491 e. The molecule has 52 valence electrons. The van der Waals surface area contributed by atoms with E-state index in [-0.39, 0.29) is 0 Å². The number of hydrogen-bond acceptors (Lipinski definition) is 2. The molecule has 0 bridgehead atoms. The molecule has 3 heteroatoms. The maximum atomic E-state index is 5.68. The number of nitrogens with zero attached hydrogens (tertiary/aromatic N) is 1. The molecule has 0 unspecified atom stereocenters. The summed E-state index contributed by atoms with van der Waals surface area (Å²) in [4.78, 5) is 4.10. The van der Waals surface area contributed by atoms with Gasteiger partial charge in [0.15, 0.2) is 0 Å². The van der Waals surface area contributed by atoms with Crippen molar-refractivity contribution in [2.45, 2.75) is 6.42 Å². The van der Waals surface area contributed by atoms with Crippen LogP contribution in [0.25, 0.3) is 0 Å². The topological polar surface area (TPSA) is 22.1 Å². The summed E-state index contributed by atoms with van der Waals surface area (Å²) in [5.41, 5.74) is 1.02. The summed E-state index contributed by atoms with van der Waals surface area (Å²) in [7, 11) is 0. The van der Waals surface area contributed by atoms with E-state index in [1.807, 2.05) is 0 Å². The van der Waals surface area contributed by atoms with Crippen LogP contribution in [0.5, 0.6) is 5.75 Å². The average molecular weight is 156 g/mol. The van der Waals surface area contributed by atoms with E-state index in [2.05, 4.69) is 4.98 Å². The molecule has 0 saturated carbocycles. The second kappa shape index (κ2) is 2.13. The zero-order chi connectivity index (χ0) is 6.97. The molecule has 0 radical (unpaired) electrons. The van der Waals surface area contributed by atoms with E-state index in [4.69, 9.17) is 16.3 Å². The summed E-state index contributed by atoms with van der Waals surface area (Å²) in [5.74, 6) is 0.840. The van der Waals surface area contributed by atoms with Gasteiger partial charge < -0.3 is 4.74 Å². The summed E-state index contributed by atoms with van der Waals surface area (Å²) in [6, 6.07) is 1.80. The molecule has 0 atom stereocenters. The van der Waals surface area contributed by atoms with Crippen molar-refractivity contribution in [3.63, 3.8) is 0 Å². The fraction of sp³-hybridized carbons (Fsp3) is 0.286. The van der Waals surface area contributed by atoms with Crippen LogP contribution in [-0.4, -0.2) is 11.6 Å². The van der Waals surface area contributed by atoms with Gasteiger partial charge in [0.25, 0.3) is 0 Å². The molecule has 2 rings (SSSR count). The van der Waals surface area contributed by atoms with Crippen molar-refractivity contribution >= 4 is 11.6 Å². The predicted molar refractivity (Wildman–Crippen MR) is 38.4 cm³/mol. The Morgan fingerprint density at radius 2 is 2.50 bits per heavy atom. The Morgan fingerprint density at radius 1 is 1.60 bits per heavy atom. The molecule has 0 aliphatic carbocycles. The van der Waals surface area contributed by atoms with E-state index in [1.165, 1.54) is 0 Å². The molecule has 0 saturated heterocycles. The lowest BCUT2D eigenvalue weighted by atomic mass is 10.3. The summed E-state index contributed by atoms with van der Waals surface area (Å²) < 4.78 is 5.23. The SMILES string of the molecule is Clc1cnc2c(c1)OCC2. The monoisotopic (exact) mass is 155 g/mol. The van der Waals surface area contributed by atoms with Crippen LogP contribution < -0.4 is 4.74 Å². The predicted octanol–water partition coefficient (Wildman–Crippen LogP) is 1.67. The Morgan fingerprint density at radius 3 is 3.40 bits per heavy atom. The molecular formula is C7H6ClNO. The number of hydrogen-bond donors (Lipinski definition) is 0. The molecule has 1 aliphatic heterocycles. The summed E-state index contributed by atoms with van der Waals surface area (Å²) in [6.45, 7) is 0.739. The van der Waals surface area contributed by atoms with E-state index >= 15 is 0 Å². The highest BCUT2D eigenvalue weighted by Crippen LogP contribution is 2.25. The number of ether oxygens (including phenoxy) is 1. The summed E-state index contributed by atoms with van der Waals surface area (Å²) in [5, 5.41) is 0.639. The Balaban J connectivity index is 2.52. The first-order valence-corrected chi connectivity index (χ1v) is 3.51. The minimum atomic E-state index is 0.639. The fourth-order valence-corrected chi connectivity index (χ4v) is 1.17. The van der Waals surface area contributed by atoms with Gasteiger partial charge in [0.2, 0.25) is 0 Å². The molecule has 2 heterocycles. The van der Waals surface area contributed by atoms with Crippen LogP contribution in [0.1, 0.15) is 5.69 Å². The van der Waals surface area contributed by atoms with Crippen LogP contribution in [-0.2, 0) is 6.42 Å². The van der Waals surface area contributed by atoms with E-state index < -0.39 is 0 Å². The van der Waals surface area contributed by atoms with Crippen LogP contribution in [0.3, 0.4) is 0 Å². The van der Waals surface area contributed by atoms with Gasteiger partial charge in [-0.2, -0.15) is 0 Å². The summed E-state index contributed by atoms with van der Waals surface area (Å²) >= 11 is 5.68. The Hall–Kier alpha value is -0.760. The number of halogens is 1. The highest BCUT2D eigenvalue weighted by Gasteiger charge is 2.12. The second-order valence-electron chi connectivity index (χ2n) is 2.20. The highest BCUT2D eigenvalue weighted by molar-refractivity contribution is 6.30. The van der Waals surface area contributed by atoms with Crippen LogP contribution in [0.4, 0.5) is 0 Å². The third kappa shape index (κ3) is 0.847. The molecule has 2 nitrogen and oxygen atoms in total. The van der Waals surface area contributed by atoms with Crippen molar-refractivity contribution in [1.82, 2.24) is 4.98 Å². The molecule has 0 aromatic carbocycles. The van der Waals surface area contributed by atoms with Gasteiger partial charge in [-0.05, 0) is 0 Å². The van der Waals surface area contributed by atoms with Gasteiger partial charge in [-0.15, -0.1) is 0 Å². The average Bonchev–Trinajstić information content (AvgIpc) is 2.33. The van der Waals surface area contributed by atoms with Crippen molar-refractivity contribution in [1.29, 1.82) is 0 Å². The maximum absolute atomic E-state index is 5.68. The second-order valence-corrected chi connectivity index (χ2v) is 2.63. The number of pyridine rings is 1. The Labute approximate surface area is 63.8 Å². The van der Waals surface area contributed by atoms with E-state index in [1.54, 1.807) is 12.3 Å². The first kappa shape index (κ1) is 5.98. The van der Waals surface area contributed by atoms with Gasteiger partial charge in [-0.1, -0.05) is 11.6 Å². The Bertz CT molecular complexity index is 262. The van der Waals surface area contributed by atoms with Gasteiger partial charge in [0.05, 0.1) is 17.3 Å². The molecule has 0 N–H and O–H groups in total. The third-order valence-electron chi connectivity index (χ3n) is 1.49. The van der Waals surface area contributed by atoms with E-state index in [9.17, 15) is 0 Å². The van der Waals surface area contributed by atoms with E-state index in [0.29, 0.717) is 5.02 Å². The lowest BCUT2D eigenvalue weighted by Gasteiger charge is -1.95. The van der Waals surface area contributed by atoms with Gasteiger partial charge in [0.1, 0.15) is 5.75 Å². The normalized spacial score (nSPS) is 14.5. The quantitative estimate of drug-likeness (QED) is 0.569. The number of rotatable bonds is 0. The van der Waals surface area contributed by atoms with Crippen molar-refractivity contribution in [2.24, 2.45) is 0 Å². The van der Waals surface area contributed by atoms with Crippen LogP contribution >= 0.6 is 11.6 Å². The fourth-order valence-electron chi connectivity index (χ4n) is 1.02. The van der Waals surface area contributed by atoms with Gasteiger partial charge in [-0.3, -0.25) is 4.98 Å². The van der Waals surface area contributed by atoms with Crippen LogP contribution in [0.15, 0.2) is 12.3 Å². The van der Waals surface area contributed by atoms with E-state index in [0.717, 1.165) is 24.5 Å². The standard InChI is InChI=1S/C7H6ClNO/c8-5-3-7-6(9-4-5)1-2-10-7/h3-4H,1-2H2. The lowest BCUT2D eigenvalue weighted by Crippen LogP contribution is -1.86. The smallest absolute Gasteiger partial charge is 0.142 e. The van der Waals surface area contributed by atoms with Crippen molar-refractivity contribution < 1.29 is 4.74 Å². The van der Waals surface area contributed by atoms with Crippen LogP contribution in [0, 0.1) is 0 Å². The molecule has 1 aromatic rings. The largest absolute Gasteiger partial charge is 0.491 e. The van der Waals surface area contributed by atoms with Crippen molar-refractivity contribution in [3.8, 4) is 5.75 Å². The molecule has 0 spiro atoms. The van der Waals surface area contributed by atoms with Crippen LogP contribution in [0.2, 0.25) is 5.02 Å². The van der Waals surface area contributed by atoms with Gasteiger partial charge >= 0.3 is 0 Å². The van der Waals surface area contributed by atoms with Crippen molar-refractivity contribution in [2.75, 3.05) is 6.61 Å². The summed E-state index contributed by atoms with van der Waals surface area (Å²) in [6.07, 6.45) is 2.56. The molecule has 10 heavy (non-hydrogen) atoms. The molecular weight excluding hydrogens is 150 g/mol. The minimum absolute atomic E-state index is 0.639. The Kier molecular flexibility index (Phi) is 1.27. The number of aromatic nitrogens is 1. The number of fused-ring (bicyclic) bond motifs is 1. The highest BCUT2D eigenvalue weighted by atomic mass is 35.5. The van der Waals surface area contributed by atoms with Crippen molar-refractivity contribution in [3.05, 3.63) is 23.0 Å². The molecule has 0 amide bonds. The molecule has 0 fully saturated rings. The van der Waals surface area contributed by atoms with Gasteiger partial charge in [-0.25, -0.2) is 0 Å². The lowest BCUT2D eigenvalue weighted by molar-refractivity contribution is 0.357. The maximum Gasteiger partial charge on any atom is 0.142 e.